The SMILES string of the molecule is CN(C)C(=O)c1ccc(Nc2cc(Oc3ccc(NC(=O)Nc4ccc(N5CCOCC5)c(C(F)(F)F)c4)cc3)ncn2)cc1. The zero-order valence-corrected chi connectivity index (χ0v) is 24.4. The number of hydrogen-bond acceptors (Lipinski definition) is 8. The quantitative estimate of drug-likeness (QED) is 0.212. The normalized spacial score (nSPS) is 13.1. The Labute approximate surface area is 257 Å². The summed E-state index contributed by atoms with van der Waals surface area (Å²) in [4.78, 5) is 36.1. The number of carbonyl (C=O) groups is 2. The van der Waals surface area contributed by atoms with E-state index >= 15 is 0 Å². The second-order valence-corrected chi connectivity index (χ2v) is 10.2. The van der Waals surface area contributed by atoms with Gasteiger partial charge in [0.1, 0.15) is 17.9 Å². The summed E-state index contributed by atoms with van der Waals surface area (Å²) < 4.78 is 52.5. The minimum Gasteiger partial charge on any atom is -0.439 e. The molecule has 0 unspecified atom stereocenters. The number of ether oxygens (including phenoxy) is 2. The predicted octanol–water partition coefficient (Wildman–Crippen LogP) is 6.21. The van der Waals surface area contributed by atoms with Crippen LogP contribution in [0.15, 0.2) is 79.1 Å². The smallest absolute Gasteiger partial charge is 0.418 e. The molecule has 45 heavy (non-hydrogen) atoms. The molecular formula is C31H30F3N7O4. The summed E-state index contributed by atoms with van der Waals surface area (Å²) in [6.07, 6.45) is -3.27. The summed E-state index contributed by atoms with van der Waals surface area (Å²) in [5, 5.41) is 8.18. The highest BCUT2D eigenvalue weighted by Gasteiger charge is 2.35. The molecular weight excluding hydrogens is 591 g/mol. The highest BCUT2D eigenvalue weighted by atomic mass is 19.4. The molecule has 0 saturated carbocycles. The molecule has 5 rings (SSSR count). The van der Waals surface area contributed by atoms with Crippen LogP contribution >= 0.6 is 0 Å². The monoisotopic (exact) mass is 621 g/mol. The number of nitrogens with one attached hydrogen (secondary N) is 3. The van der Waals surface area contributed by atoms with Crippen molar-refractivity contribution in [1.82, 2.24) is 14.9 Å². The van der Waals surface area contributed by atoms with Gasteiger partial charge in [0.25, 0.3) is 5.91 Å². The highest BCUT2D eigenvalue weighted by Crippen LogP contribution is 2.38. The fourth-order valence-electron chi connectivity index (χ4n) is 4.51. The van der Waals surface area contributed by atoms with Crippen LogP contribution in [-0.4, -0.2) is 67.2 Å². The fraction of sp³-hybridized carbons (Fsp3) is 0.226. The lowest BCUT2D eigenvalue weighted by atomic mass is 10.1. The van der Waals surface area contributed by atoms with Gasteiger partial charge in [-0.25, -0.2) is 14.8 Å². The summed E-state index contributed by atoms with van der Waals surface area (Å²) in [6.45, 7) is 1.39. The average Bonchev–Trinajstić information content (AvgIpc) is 3.02. The maximum absolute atomic E-state index is 13.8. The zero-order valence-electron chi connectivity index (χ0n) is 24.4. The molecule has 2 heterocycles. The van der Waals surface area contributed by atoms with E-state index in [1.165, 1.54) is 23.4 Å². The molecule has 1 fully saturated rings. The van der Waals surface area contributed by atoms with Gasteiger partial charge in [-0.3, -0.25) is 4.79 Å². The van der Waals surface area contributed by atoms with Crippen LogP contribution in [0.25, 0.3) is 0 Å². The van der Waals surface area contributed by atoms with E-state index in [1.807, 2.05) is 0 Å². The van der Waals surface area contributed by atoms with Gasteiger partial charge in [0.05, 0.1) is 18.8 Å². The van der Waals surface area contributed by atoms with Crippen LogP contribution in [0.2, 0.25) is 0 Å². The van der Waals surface area contributed by atoms with Crippen molar-refractivity contribution in [3.63, 3.8) is 0 Å². The number of morpholine rings is 1. The topological polar surface area (TPSA) is 121 Å². The van der Waals surface area contributed by atoms with Gasteiger partial charge in [0, 0.05) is 61.6 Å². The molecule has 1 aliphatic rings. The fourth-order valence-corrected chi connectivity index (χ4v) is 4.51. The number of nitrogens with zero attached hydrogens (tertiary/aromatic N) is 4. The molecule has 14 heteroatoms. The first kappa shape index (κ1) is 31.1. The third-order valence-corrected chi connectivity index (χ3v) is 6.70. The standard InChI is InChI=1S/C31H30F3N7O4/c1-40(2)29(42)20-3-5-21(6-4-20)37-27-18-28(36-19-35-27)45-24-10-7-22(8-11-24)38-30(43)39-23-9-12-26(25(17-23)31(32,33)34)41-13-15-44-16-14-41/h3-12,17-19H,13-16H2,1-2H3,(H,35,36,37)(H2,38,39,43). The van der Waals surface area contributed by atoms with Crippen LogP contribution in [0, 0.1) is 0 Å². The van der Waals surface area contributed by atoms with Crippen molar-refractivity contribution in [3.05, 3.63) is 90.3 Å². The van der Waals surface area contributed by atoms with Crippen LogP contribution in [0.3, 0.4) is 0 Å². The van der Waals surface area contributed by atoms with Crippen LogP contribution < -0.4 is 25.6 Å². The molecule has 0 aliphatic carbocycles. The van der Waals surface area contributed by atoms with E-state index in [4.69, 9.17) is 9.47 Å². The number of carbonyl (C=O) groups excluding carboxylic acids is 2. The summed E-state index contributed by atoms with van der Waals surface area (Å²) in [6, 6.07) is 17.9. The van der Waals surface area contributed by atoms with Crippen molar-refractivity contribution < 1.29 is 32.2 Å². The van der Waals surface area contributed by atoms with Crippen molar-refractivity contribution in [2.24, 2.45) is 0 Å². The Morgan fingerprint density at radius 3 is 2.18 bits per heavy atom. The van der Waals surface area contributed by atoms with Gasteiger partial charge in [0.2, 0.25) is 5.88 Å². The van der Waals surface area contributed by atoms with Crippen molar-refractivity contribution >= 4 is 40.5 Å². The van der Waals surface area contributed by atoms with Gasteiger partial charge in [-0.05, 0) is 66.7 Å². The number of amides is 3. The van der Waals surface area contributed by atoms with Gasteiger partial charge in [0.15, 0.2) is 0 Å². The van der Waals surface area contributed by atoms with Gasteiger partial charge in [-0.1, -0.05) is 0 Å². The number of anilines is 5. The van der Waals surface area contributed by atoms with Crippen molar-refractivity contribution in [1.29, 1.82) is 0 Å². The maximum Gasteiger partial charge on any atom is 0.418 e. The zero-order chi connectivity index (χ0) is 32.0. The summed E-state index contributed by atoms with van der Waals surface area (Å²) in [7, 11) is 3.37. The second kappa shape index (κ2) is 13.5. The van der Waals surface area contributed by atoms with E-state index in [9.17, 15) is 22.8 Å². The molecule has 0 spiro atoms. The van der Waals surface area contributed by atoms with E-state index < -0.39 is 17.8 Å². The first-order valence-electron chi connectivity index (χ1n) is 13.9. The largest absolute Gasteiger partial charge is 0.439 e. The molecule has 234 valence electrons. The van der Waals surface area contributed by atoms with Crippen molar-refractivity contribution in [3.8, 4) is 11.6 Å². The van der Waals surface area contributed by atoms with Gasteiger partial charge in [-0.2, -0.15) is 13.2 Å². The molecule has 0 radical (unpaired) electrons. The number of hydrogen-bond donors (Lipinski definition) is 3. The Hall–Kier alpha value is -5.37. The average molecular weight is 622 g/mol. The van der Waals surface area contributed by atoms with Crippen LogP contribution in [0.4, 0.5) is 46.5 Å². The summed E-state index contributed by atoms with van der Waals surface area (Å²) in [5.74, 6) is 1.04. The summed E-state index contributed by atoms with van der Waals surface area (Å²) in [5.41, 5.74) is 0.879. The van der Waals surface area contributed by atoms with E-state index in [1.54, 1.807) is 73.6 Å². The second-order valence-electron chi connectivity index (χ2n) is 10.2. The Morgan fingerprint density at radius 1 is 0.867 bits per heavy atom. The molecule has 3 amide bonds. The number of aromatic nitrogens is 2. The molecule has 1 saturated heterocycles. The number of rotatable bonds is 8. The van der Waals surface area contributed by atoms with E-state index in [-0.39, 0.29) is 23.2 Å². The Balaban J connectivity index is 1.17. The van der Waals surface area contributed by atoms with E-state index in [2.05, 4.69) is 25.9 Å². The Bertz CT molecular complexity index is 1640. The number of urea groups is 1. The Morgan fingerprint density at radius 2 is 1.51 bits per heavy atom. The molecule has 0 atom stereocenters. The lowest BCUT2D eigenvalue weighted by molar-refractivity contribution is -0.137. The molecule has 1 aromatic heterocycles. The van der Waals surface area contributed by atoms with Crippen LogP contribution in [0.1, 0.15) is 15.9 Å². The van der Waals surface area contributed by atoms with Crippen molar-refractivity contribution in [2.75, 3.05) is 61.2 Å². The minimum atomic E-state index is -4.60. The molecule has 0 bridgehead atoms. The van der Waals surface area contributed by atoms with Gasteiger partial charge in [-0.15, -0.1) is 0 Å². The maximum atomic E-state index is 13.8. The first-order valence-corrected chi connectivity index (χ1v) is 13.9. The van der Waals surface area contributed by atoms with Crippen LogP contribution in [-0.2, 0) is 10.9 Å². The third-order valence-electron chi connectivity index (χ3n) is 6.70. The third kappa shape index (κ3) is 8.17. The molecule has 4 aromatic rings. The van der Waals surface area contributed by atoms with Gasteiger partial charge < -0.3 is 35.2 Å². The van der Waals surface area contributed by atoms with E-state index in [0.29, 0.717) is 54.8 Å². The van der Waals surface area contributed by atoms with Gasteiger partial charge >= 0.3 is 12.2 Å². The number of alkyl halides is 3. The number of benzene rings is 3. The summed E-state index contributed by atoms with van der Waals surface area (Å²) >= 11 is 0. The van der Waals surface area contributed by atoms with Crippen molar-refractivity contribution in [2.45, 2.75) is 6.18 Å². The predicted molar refractivity (Wildman–Crippen MR) is 163 cm³/mol. The van der Waals surface area contributed by atoms with E-state index in [0.717, 1.165) is 6.07 Å². The molecule has 1 aliphatic heterocycles. The number of halogens is 3. The lowest BCUT2D eigenvalue weighted by Crippen LogP contribution is -2.37. The highest BCUT2D eigenvalue weighted by molar-refractivity contribution is 6.00. The van der Waals surface area contributed by atoms with Crippen LogP contribution in [0.5, 0.6) is 11.6 Å². The lowest BCUT2D eigenvalue weighted by Gasteiger charge is -2.31. The first-order chi connectivity index (χ1) is 21.5. The molecule has 3 aromatic carbocycles. The Kier molecular flexibility index (Phi) is 9.33. The minimum absolute atomic E-state index is 0.00274. The molecule has 3 N–H and O–H groups in total. The molecule has 11 nitrogen and oxygen atoms in total.